The number of carbonyl (C=O) groups excluding carboxylic acids is 1. The van der Waals surface area contributed by atoms with Gasteiger partial charge in [-0.15, -0.1) is 0 Å². The Hall–Kier alpha value is -1.78. The van der Waals surface area contributed by atoms with E-state index in [1.54, 1.807) is 14.1 Å². The molecule has 1 N–H and O–H groups in total. The van der Waals surface area contributed by atoms with Crippen LogP contribution in [0.3, 0.4) is 0 Å². The van der Waals surface area contributed by atoms with Crippen molar-refractivity contribution in [2.45, 2.75) is 6.42 Å². The van der Waals surface area contributed by atoms with E-state index in [9.17, 15) is 9.59 Å². The minimum absolute atomic E-state index is 0.159. The summed E-state index contributed by atoms with van der Waals surface area (Å²) < 4.78 is 5.05. The summed E-state index contributed by atoms with van der Waals surface area (Å²) in [5.41, 5.74) is 0. The molecular formula is C9H11NO4. The quantitative estimate of drug-likeness (QED) is 0.770. The van der Waals surface area contributed by atoms with E-state index in [0.29, 0.717) is 0 Å². The number of aliphatic carboxylic acids is 1. The predicted molar refractivity (Wildman–Crippen MR) is 48.1 cm³/mol. The van der Waals surface area contributed by atoms with Gasteiger partial charge in [0, 0.05) is 14.1 Å². The third kappa shape index (κ3) is 2.35. The smallest absolute Gasteiger partial charge is 0.311 e. The molecule has 0 aliphatic carbocycles. The van der Waals surface area contributed by atoms with Gasteiger partial charge in [0.05, 0.1) is 0 Å². The molecule has 5 nitrogen and oxygen atoms in total. The first kappa shape index (κ1) is 10.3. The lowest BCUT2D eigenvalue weighted by atomic mass is 10.3. The summed E-state index contributed by atoms with van der Waals surface area (Å²) in [7, 11) is 3.20. The van der Waals surface area contributed by atoms with Gasteiger partial charge in [0.15, 0.2) is 5.76 Å². The Kier molecular flexibility index (Phi) is 2.91. The molecule has 0 aliphatic heterocycles. The molecule has 0 aliphatic rings. The van der Waals surface area contributed by atoms with E-state index >= 15 is 0 Å². The van der Waals surface area contributed by atoms with Crippen LogP contribution in [0.25, 0.3) is 0 Å². The van der Waals surface area contributed by atoms with Gasteiger partial charge < -0.3 is 14.4 Å². The largest absolute Gasteiger partial charge is 0.481 e. The highest BCUT2D eigenvalue weighted by molar-refractivity contribution is 5.91. The Morgan fingerprint density at radius 2 is 2.07 bits per heavy atom. The minimum atomic E-state index is -0.983. The Morgan fingerprint density at radius 1 is 1.43 bits per heavy atom. The van der Waals surface area contributed by atoms with Gasteiger partial charge in [0.2, 0.25) is 0 Å². The van der Waals surface area contributed by atoms with Crippen LogP contribution in [0.4, 0.5) is 0 Å². The SMILES string of the molecule is CN(C)C(=O)c1ccc(CC(=O)O)o1. The first-order chi connectivity index (χ1) is 6.50. The fourth-order valence-corrected chi connectivity index (χ4v) is 0.957. The number of hydrogen-bond donors (Lipinski definition) is 1. The van der Waals surface area contributed by atoms with Crippen molar-refractivity contribution in [3.63, 3.8) is 0 Å². The molecule has 0 unspecified atom stereocenters. The summed E-state index contributed by atoms with van der Waals surface area (Å²) in [4.78, 5) is 23.0. The third-order valence-electron chi connectivity index (χ3n) is 1.60. The molecule has 0 atom stereocenters. The summed E-state index contributed by atoms with van der Waals surface area (Å²) in [5.74, 6) is -0.821. The standard InChI is InChI=1S/C9H11NO4/c1-10(2)9(13)7-4-3-6(14-7)5-8(11)12/h3-4H,5H2,1-2H3,(H,11,12). The van der Waals surface area contributed by atoms with Crippen LogP contribution in [0.1, 0.15) is 16.3 Å². The molecule has 0 spiro atoms. The van der Waals surface area contributed by atoms with Crippen LogP contribution < -0.4 is 0 Å². The van der Waals surface area contributed by atoms with Gasteiger partial charge in [-0.1, -0.05) is 0 Å². The highest BCUT2D eigenvalue weighted by Gasteiger charge is 2.13. The second-order valence-electron chi connectivity index (χ2n) is 3.04. The molecule has 1 heterocycles. The Balaban J connectivity index is 2.77. The van der Waals surface area contributed by atoms with Crippen LogP contribution in [0, 0.1) is 0 Å². The molecule has 0 radical (unpaired) electrons. The number of carbonyl (C=O) groups is 2. The normalized spacial score (nSPS) is 9.86. The lowest BCUT2D eigenvalue weighted by molar-refractivity contribution is -0.136. The van der Waals surface area contributed by atoms with E-state index in [1.165, 1.54) is 17.0 Å². The molecule has 5 heteroatoms. The second kappa shape index (κ2) is 3.95. The Bertz CT molecular complexity index is 353. The van der Waals surface area contributed by atoms with Gasteiger partial charge in [0.25, 0.3) is 5.91 Å². The maximum atomic E-state index is 11.3. The van der Waals surface area contributed by atoms with E-state index in [0.717, 1.165) is 0 Å². The summed E-state index contributed by atoms with van der Waals surface area (Å²) in [6.07, 6.45) is -0.208. The Morgan fingerprint density at radius 3 is 2.57 bits per heavy atom. The van der Waals surface area contributed by atoms with Crippen LogP contribution in [0.2, 0.25) is 0 Å². The maximum absolute atomic E-state index is 11.3. The number of hydrogen-bond acceptors (Lipinski definition) is 3. The first-order valence-electron chi connectivity index (χ1n) is 4.03. The van der Waals surface area contributed by atoms with Crippen LogP contribution in [-0.4, -0.2) is 36.0 Å². The van der Waals surface area contributed by atoms with Crippen molar-refractivity contribution in [1.82, 2.24) is 4.90 Å². The molecule has 1 aromatic heterocycles. The van der Waals surface area contributed by atoms with Gasteiger partial charge in [0.1, 0.15) is 12.2 Å². The van der Waals surface area contributed by atoms with Crippen LogP contribution in [-0.2, 0) is 11.2 Å². The molecule has 0 bridgehead atoms. The molecule has 1 aromatic rings. The van der Waals surface area contributed by atoms with Gasteiger partial charge in [-0.3, -0.25) is 9.59 Å². The van der Waals surface area contributed by atoms with Crippen LogP contribution in [0.15, 0.2) is 16.5 Å². The van der Waals surface area contributed by atoms with Crippen molar-refractivity contribution in [3.8, 4) is 0 Å². The average Bonchev–Trinajstić information content (AvgIpc) is 2.50. The summed E-state index contributed by atoms with van der Waals surface area (Å²) in [5, 5.41) is 8.47. The van der Waals surface area contributed by atoms with Crippen LogP contribution in [0.5, 0.6) is 0 Å². The number of furan rings is 1. The van der Waals surface area contributed by atoms with Crippen molar-refractivity contribution < 1.29 is 19.1 Å². The number of carboxylic acid groups (broad SMARTS) is 1. The summed E-state index contributed by atoms with van der Waals surface area (Å²) >= 11 is 0. The maximum Gasteiger partial charge on any atom is 0.311 e. The van der Waals surface area contributed by atoms with Crippen LogP contribution >= 0.6 is 0 Å². The molecule has 0 fully saturated rings. The predicted octanol–water partition coefficient (Wildman–Crippen LogP) is 0.609. The minimum Gasteiger partial charge on any atom is -0.481 e. The van der Waals surface area contributed by atoms with Crippen molar-refractivity contribution in [2.24, 2.45) is 0 Å². The third-order valence-corrected chi connectivity index (χ3v) is 1.60. The van der Waals surface area contributed by atoms with Gasteiger partial charge in [-0.25, -0.2) is 0 Å². The molecule has 1 rings (SSSR count). The van der Waals surface area contributed by atoms with E-state index in [2.05, 4.69) is 0 Å². The molecule has 14 heavy (non-hydrogen) atoms. The second-order valence-corrected chi connectivity index (χ2v) is 3.04. The average molecular weight is 197 g/mol. The molecular weight excluding hydrogens is 186 g/mol. The van der Waals surface area contributed by atoms with Gasteiger partial charge in [-0.2, -0.15) is 0 Å². The molecule has 0 saturated carbocycles. The fourth-order valence-electron chi connectivity index (χ4n) is 0.957. The molecule has 0 aromatic carbocycles. The number of rotatable bonds is 3. The molecule has 0 saturated heterocycles. The van der Waals surface area contributed by atoms with E-state index in [-0.39, 0.29) is 23.8 Å². The summed E-state index contributed by atoms with van der Waals surface area (Å²) in [6, 6.07) is 2.96. The van der Waals surface area contributed by atoms with E-state index in [1.807, 2.05) is 0 Å². The lowest BCUT2D eigenvalue weighted by Crippen LogP contribution is -2.20. The topological polar surface area (TPSA) is 70.8 Å². The lowest BCUT2D eigenvalue weighted by Gasteiger charge is -2.06. The van der Waals surface area contributed by atoms with E-state index in [4.69, 9.17) is 9.52 Å². The Labute approximate surface area is 80.9 Å². The first-order valence-corrected chi connectivity index (χ1v) is 4.03. The zero-order valence-electron chi connectivity index (χ0n) is 7.98. The number of amides is 1. The zero-order chi connectivity index (χ0) is 10.7. The van der Waals surface area contributed by atoms with Crippen molar-refractivity contribution in [2.75, 3.05) is 14.1 Å². The van der Waals surface area contributed by atoms with Crippen molar-refractivity contribution >= 4 is 11.9 Å². The van der Waals surface area contributed by atoms with E-state index < -0.39 is 5.97 Å². The number of carboxylic acids is 1. The molecule has 76 valence electrons. The zero-order valence-corrected chi connectivity index (χ0v) is 7.98. The summed E-state index contributed by atoms with van der Waals surface area (Å²) in [6.45, 7) is 0. The highest BCUT2D eigenvalue weighted by Crippen LogP contribution is 2.10. The van der Waals surface area contributed by atoms with Crippen molar-refractivity contribution in [3.05, 3.63) is 23.7 Å². The highest BCUT2D eigenvalue weighted by atomic mass is 16.4. The van der Waals surface area contributed by atoms with Gasteiger partial charge >= 0.3 is 5.97 Å². The number of nitrogens with zero attached hydrogens (tertiary/aromatic N) is 1. The van der Waals surface area contributed by atoms with Crippen molar-refractivity contribution in [1.29, 1.82) is 0 Å². The monoisotopic (exact) mass is 197 g/mol. The fraction of sp³-hybridized carbons (Fsp3) is 0.333. The molecule has 1 amide bonds. The van der Waals surface area contributed by atoms with Gasteiger partial charge in [-0.05, 0) is 12.1 Å².